The van der Waals surface area contributed by atoms with Crippen LogP contribution in [0.4, 0.5) is 0 Å². The number of amides is 1. The van der Waals surface area contributed by atoms with E-state index in [2.05, 4.69) is 5.32 Å². The fourth-order valence-corrected chi connectivity index (χ4v) is 1.80. The van der Waals surface area contributed by atoms with Gasteiger partial charge in [-0.25, -0.2) is 0 Å². The Bertz CT molecular complexity index is 396. The first kappa shape index (κ1) is 13.8. The minimum absolute atomic E-state index is 0. The molecule has 2 unspecified atom stereocenters. The van der Waals surface area contributed by atoms with Crippen LogP contribution in [0.2, 0.25) is 0 Å². The van der Waals surface area contributed by atoms with E-state index >= 15 is 0 Å². The number of hydrogen-bond acceptors (Lipinski definition) is 3. The lowest BCUT2D eigenvalue weighted by Gasteiger charge is -2.27. The van der Waals surface area contributed by atoms with Crippen LogP contribution >= 0.6 is 12.4 Å². The van der Waals surface area contributed by atoms with E-state index in [0.29, 0.717) is 6.61 Å². The molecule has 94 valence electrons. The molecule has 0 bridgehead atoms. The molecule has 1 aliphatic rings. The third-order valence-electron chi connectivity index (χ3n) is 2.69. The van der Waals surface area contributed by atoms with E-state index < -0.39 is 6.04 Å². The van der Waals surface area contributed by atoms with Crippen LogP contribution < -0.4 is 15.8 Å². The number of rotatable bonds is 2. The Balaban J connectivity index is 0.00000144. The van der Waals surface area contributed by atoms with Crippen LogP contribution in [0.5, 0.6) is 5.75 Å². The Morgan fingerprint density at radius 1 is 1.53 bits per heavy atom. The van der Waals surface area contributed by atoms with E-state index in [0.717, 1.165) is 17.7 Å². The zero-order chi connectivity index (χ0) is 11.5. The summed E-state index contributed by atoms with van der Waals surface area (Å²) in [6.45, 7) is 2.31. The van der Waals surface area contributed by atoms with Gasteiger partial charge in [0.05, 0.1) is 18.7 Å². The molecule has 1 aromatic rings. The van der Waals surface area contributed by atoms with Gasteiger partial charge in [-0.05, 0) is 13.0 Å². The minimum atomic E-state index is -0.477. The topological polar surface area (TPSA) is 64.4 Å². The maximum atomic E-state index is 11.5. The molecule has 1 aromatic carbocycles. The highest BCUT2D eigenvalue weighted by molar-refractivity contribution is 5.85. The molecule has 4 nitrogen and oxygen atoms in total. The molecule has 1 heterocycles. The number of para-hydroxylation sites is 1. The van der Waals surface area contributed by atoms with Crippen LogP contribution in [0.15, 0.2) is 24.3 Å². The zero-order valence-electron chi connectivity index (χ0n) is 9.68. The van der Waals surface area contributed by atoms with Gasteiger partial charge in [0.1, 0.15) is 5.75 Å². The van der Waals surface area contributed by atoms with Crippen LogP contribution in [0.1, 0.15) is 24.9 Å². The lowest BCUT2D eigenvalue weighted by Crippen LogP contribution is -2.41. The number of fused-ring (bicyclic) bond motifs is 1. The number of carbonyl (C=O) groups excluding carboxylic acids is 1. The molecule has 1 amide bonds. The molecule has 0 aliphatic carbocycles. The molecule has 0 radical (unpaired) electrons. The first-order chi connectivity index (χ1) is 7.68. The summed E-state index contributed by atoms with van der Waals surface area (Å²) < 4.78 is 5.51. The molecule has 0 fully saturated rings. The van der Waals surface area contributed by atoms with Gasteiger partial charge in [-0.2, -0.15) is 0 Å². The van der Waals surface area contributed by atoms with Crippen molar-refractivity contribution in [2.24, 2.45) is 5.73 Å². The molecular weight excluding hydrogens is 240 g/mol. The normalized spacial score (nSPS) is 19.3. The Morgan fingerprint density at radius 2 is 2.24 bits per heavy atom. The Morgan fingerprint density at radius 3 is 2.94 bits per heavy atom. The highest BCUT2D eigenvalue weighted by Gasteiger charge is 2.23. The van der Waals surface area contributed by atoms with Gasteiger partial charge in [-0.1, -0.05) is 18.2 Å². The van der Waals surface area contributed by atoms with Crippen molar-refractivity contribution in [1.82, 2.24) is 5.32 Å². The minimum Gasteiger partial charge on any atom is -0.493 e. The standard InChI is InChI=1S/C12H16N2O2.ClH/c1-8(13)12(15)14-10-6-7-16-11-5-3-2-4-9(10)11;/h2-5,8,10H,6-7,13H2,1H3,(H,14,15);1H. The van der Waals surface area contributed by atoms with E-state index in [9.17, 15) is 4.79 Å². The van der Waals surface area contributed by atoms with Gasteiger partial charge < -0.3 is 15.8 Å². The summed E-state index contributed by atoms with van der Waals surface area (Å²) in [5.74, 6) is 0.727. The second-order valence-electron chi connectivity index (χ2n) is 4.02. The molecule has 2 rings (SSSR count). The number of ether oxygens (including phenoxy) is 1. The molecule has 5 heteroatoms. The third-order valence-corrected chi connectivity index (χ3v) is 2.69. The number of hydrogen-bond donors (Lipinski definition) is 2. The van der Waals surface area contributed by atoms with Crippen molar-refractivity contribution < 1.29 is 9.53 Å². The smallest absolute Gasteiger partial charge is 0.237 e. The Kier molecular flexibility index (Phi) is 4.78. The zero-order valence-corrected chi connectivity index (χ0v) is 10.5. The largest absolute Gasteiger partial charge is 0.493 e. The van der Waals surface area contributed by atoms with Gasteiger partial charge in [0, 0.05) is 12.0 Å². The van der Waals surface area contributed by atoms with Crippen molar-refractivity contribution in [1.29, 1.82) is 0 Å². The summed E-state index contributed by atoms with van der Waals surface area (Å²) >= 11 is 0. The number of halogens is 1. The summed E-state index contributed by atoms with van der Waals surface area (Å²) in [7, 11) is 0. The lowest BCUT2D eigenvalue weighted by molar-refractivity contribution is -0.122. The molecule has 1 aliphatic heterocycles. The van der Waals surface area contributed by atoms with E-state index in [4.69, 9.17) is 10.5 Å². The summed E-state index contributed by atoms with van der Waals surface area (Å²) in [5.41, 5.74) is 6.56. The van der Waals surface area contributed by atoms with E-state index in [-0.39, 0.29) is 24.4 Å². The molecule has 17 heavy (non-hydrogen) atoms. The number of nitrogens with two attached hydrogens (primary N) is 1. The van der Waals surface area contributed by atoms with Crippen LogP contribution in [-0.4, -0.2) is 18.6 Å². The quantitative estimate of drug-likeness (QED) is 0.841. The van der Waals surface area contributed by atoms with Crippen molar-refractivity contribution in [2.45, 2.75) is 25.4 Å². The molecular formula is C12H17ClN2O2. The fraction of sp³-hybridized carbons (Fsp3) is 0.417. The van der Waals surface area contributed by atoms with Gasteiger partial charge in [-0.15, -0.1) is 12.4 Å². The Labute approximate surface area is 107 Å². The summed E-state index contributed by atoms with van der Waals surface area (Å²) in [5, 5.41) is 2.93. The molecule has 0 aromatic heterocycles. The van der Waals surface area contributed by atoms with E-state index in [1.807, 2.05) is 24.3 Å². The second kappa shape index (κ2) is 5.89. The van der Waals surface area contributed by atoms with E-state index in [1.54, 1.807) is 6.92 Å². The highest BCUT2D eigenvalue weighted by Crippen LogP contribution is 2.31. The van der Waals surface area contributed by atoms with Crippen LogP contribution in [0.3, 0.4) is 0 Å². The first-order valence-corrected chi connectivity index (χ1v) is 5.46. The van der Waals surface area contributed by atoms with Gasteiger partial charge in [-0.3, -0.25) is 4.79 Å². The SMILES string of the molecule is CC(N)C(=O)NC1CCOc2ccccc21.Cl. The van der Waals surface area contributed by atoms with E-state index in [1.165, 1.54) is 0 Å². The highest BCUT2D eigenvalue weighted by atomic mass is 35.5. The number of benzene rings is 1. The van der Waals surface area contributed by atoms with Crippen molar-refractivity contribution in [3.8, 4) is 5.75 Å². The average Bonchev–Trinajstić information content (AvgIpc) is 2.29. The molecule has 0 spiro atoms. The maximum absolute atomic E-state index is 11.5. The fourth-order valence-electron chi connectivity index (χ4n) is 1.80. The van der Waals surface area contributed by atoms with Gasteiger partial charge in [0.15, 0.2) is 0 Å². The molecule has 0 saturated carbocycles. The van der Waals surface area contributed by atoms with Crippen molar-refractivity contribution in [3.63, 3.8) is 0 Å². The van der Waals surface area contributed by atoms with Crippen molar-refractivity contribution >= 4 is 18.3 Å². The number of nitrogens with one attached hydrogen (secondary N) is 1. The summed E-state index contributed by atoms with van der Waals surface area (Å²) in [6.07, 6.45) is 0.787. The molecule has 2 atom stereocenters. The Hall–Kier alpha value is -1.26. The van der Waals surface area contributed by atoms with Gasteiger partial charge >= 0.3 is 0 Å². The molecule has 3 N–H and O–H groups in total. The average molecular weight is 257 g/mol. The van der Waals surface area contributed by atoms with Crippen LogP contribution in [0.25, 0.3) is 0 Å². The summed E-state index contributed by atoms with van der Waals surface area (Å²) in [4.78, 5) is 11.5. The molecule has 0 saturated heterocycles. The monoisotopic (exact) mass is 256 g/mol. The van der Waals surface area contributed by atoms with Crippen molar-refractivity contribution in [3.05, 3.63) is 29.8 Å². The van der Waals surface area contributed by atoms with Crippen LogP contribution in [-0.2, 0) is 4.79 Å². The van der Waals surface area contributed by atoms with Gasteiger partial charge in [0.2, 0.25) is 5.91 Å². The third kappa shape index (κ3) is 3.11. The lowest BCUT2D eigenvalue weighted by atomic mass is 10.0. The van der Waals surface area contributed by atoms with Crippen molar-refractivity contribution in [2.75, 3.05) is 6.61 Å². The predicted octanol–water partition coefficient (Wildman–Crippen LogP) is 1.40. The number of carbonyl (C=O) groups is 1. The van der Waals surface area contributed by atoms with Gasteiger partial charge in [0.25, 0.3) is 0 Å². The predicted molar refractivity (Wildman–Crippen MR) is 68.3 cm³/mol. The van der Waals surface area contributed by atoms with Crippen LogP contribution in [0, 0.1) is 0 Å². The first-order valence-electron chi connectivity index (χ1n) is 5.46. The summed E-state index contributed by atoms with van der Waals surface area (Å²) in [6, 6.07) is 7.30. The maximum Gasteiger partial charge on any atom is 0.237 e. The second-order valence-corrected chi connectivity index (χ2v) is 4.02.